The molecule has 0 rings (SSSR count). The molecular formula is C2HF2O2. The molecule has 0 spiro atoms. The fraction of sp³-hybridized carbons (Fsp3) is 0.500. The van der Waals surface area contributed by atoms with E-state index in [1.807, 2.05) is 0 Å². The lowest BCUT2D eigenvalue weighted by Gasteiger charge is -1.85. The average molecular weight is 95.0 g/mol. The quantitative estimate of drug-likeness (QED) is 0.492. The molecule has 2 nitrogen and oxygen atoms in total. The molecule has 0 fully saturated rings. The van der Waals surface area contributed by atoms with Crippen LogP contribution in [0.3, 0.4) is 0 Å². The molecule has 0 atom stereocenters. The predicted molar refractivity (Wildman–Crippen MR) is 12.8 cm³/mol. The van der Waals surface area contributed by atoms with Gasteiger partial charge in [-0.3, -0.25) is 0 Å². The molecule has 0 aromatic heterocycles. The van der Waals surface area contributed by atoms with Gasteiger partial charge in [-0.1, -0.05) is 0 Å². The highest BCUT2D eigenvalue weighted by Gasteiger charge is 1.96. The van der Waals surface area contributed by atoms with Crippen molar-refractivity contribution in [3.05, 3.63) is 0 Å². The zero-order chi connectivity index (χ0) is 4.99. The highest BCUT2D eigenvalue weighted by molar-refractivity contribution is 5.38. The summed E-state index contributed by atoms with van der Waals surface area (Å²) in [7, 11) is 0. The van der Waals surface area contributed by atoms with Crippen molar-refractivity contribution in [2.45, 2.75) is 6.61 Å². The van der Waals surface area contributed by atoms with Gasteiger partial charge >= 0.3 is 13.1 Å². The smallest absolute Gasteiger partial charge is 0.395 e. The molecule has 0 aliphatic rings. The summed E-state index contributed by atoms with van der Waals surface area (Å²) in [5, 5.41) is 0. The van der Waals surface area contributed by atoms with Crippen molar-refractivity contribution in [2.24, 2.45) is 0 Å². The first-order chi connectivity index (χ1) is 2.77. The van der Waals surface area contributed by atoms with E-state index in [0.717, 1.165) is 0 Å². The molecule has 0 saturated carbocycles. The van der Waals surface area contributed by atoms with Crippen molar-refractivity contribution >= 4 is 6.47 Å². The number of carbonyl (C=O) groups excluding carboxylic acids is 1. The van der Waals surface area contributed by atoms with Crippen LogP contribution in [-0.4, -0.2) is 13.1 Å². The molecule has 0 unspecified atom stereocenters. The lowest BCUT2D eigenvalue weighted by atomic mass is 11.4. The third-order valence-corrected chi connectivity index (χ3v) is 0.137. The first-order valence-electron chi connectivity index (χ1n) is 1.08. The summed E-state index contributed by atoms with van der Waals surface area (Å²) in [5.74, 6) is 0. The Balaban J connectivity index is 2.81. The SMILES string of the molecule is O=[C]OC(F)F. The van der Waals surface area contributed by atoms with Crippen molar-refractivity contribution in [3.8, 4) is 0 Å². The van der Waals surface area contributed by atoms with E-state index in [0.29, 0.717) is 6.47 Å². The van der Waals surface area contributed by atoms with Crippen LogP contribution in [0.5, 0.6) is 0 Å². The van der Waals surface area contributed by atoms with Crippen LogP contribution in [0, 0.1) is 0 Å². The van der Waals surface area contributed by atoms with E-state index in [-0.39, 0.29) is 0 Å². The molecule has 0 aliphatic carbocycles. The van der Waals surface area contributed by atoms with Gasteiger partial charge in [0.1, 0.15) is 0 Å². The Hall–Kier alpha value is -0.670. The second kappa shape index (κ2) is 2.56. The third-order valence-electron chi connectivity index (χ3n) is 0.137. The molecule has 0 amide bonds. The Bertz CT molecular complexity index is 44.8. The maximum Gasteiger partial charge on any atom is 0.422 e. The van der Waals surface area contributed by atoms with Crippen LogP contribution in [-0.2, 0) is 9.53 Å². The van der Waals surface area contributed by atoms with Gasteiger partial charge in [-0.2, -0.15) is 8.78 Å². The number of hydrogen-bond acceptors (Lipinski definition) is 2. The molecule has 0 bridgehead atoms. The number of ether oxygens (including phenoxy) is 1. The topological polar surface area (TPSA) is 26.3 Å². The fourth-order valence-corrected chi connectivity index (χ4v) is 0.0364. The van der Waals surface area contributed by atoms with Crippen molar-refractivity contribution in [1.29, 1.82) is 0 Å². The van der Waals surface area contributed by atoms with Crippen molar-refractivity contribution in [1.82, 2.24) is 0 Å². The normalized spacial score (nSPS) is 8.50. The van der Waals surface area contributed by atoms with E-state index in [4.69, 9.17) is 4.79 Å². The van der Waals surface area contributed by atoms with Crippen molar-refractivity contribution in [2.75, 3.05) is 0 Å². The van der Waals surface area contributed by atoms with Crippen LogP contribution in [0.1, 0.15) is 0 Å². The van der Waals surface area contributed by atoms with Crippen molar-refractivity contribution in [3.63, 3.8) is 0 Å². The Labute approximate surface area is 32.7 Å². The monoisotopic (exact) mass is 95.0 g/mol. The van der Waals surface area contributed by atoms with E-state index >= 15 is 0 Å². The predicted octanol–water partition coefficient (Wildman–Crippen LogP) is 0.293. The zero-order valence-corrected chi connectivity index (χ0v) is 2.65. The standard InChI is InChI=1S/C2HF2O2/c3-2(4)6-1-5/h2H. The summed E-state index contributed by atoms with van der Waals surface area (Å²) in [4.78, 5) is 8.79. The molecule has 4 heteroatoms. The fourth-order valence-electron chi connectivity index (χ4n) is 0.0364. The zero-order valence-electron chi connectivity index (χ0n) is 2.65. The van der Waals surface area contributed by atoms with E-state index in [2.05, 4.69) is 4.74 Å². The van der Waals surface area contributed by atoms with E-state index in [9.17, 15) is 8.78 Å². The highest BCUT2D eigenvalue weighted by Crippen LogP contribution is 1.88. The lowest BCUT2D eigenvalue weighted by molar-refractivity contribution is -0.0615. The summed E-state index contributed by atoms with van der Waals surface area (Å²) < 4.78 is 24.0. The Morgan fingerprint density at radius 3 is 2.17 bits per heavy atom. The van der Waals surface area contributed by atoms with Gasteiger partial charge in [0.15, 0.2) is 0 Å². The highest BCUT2D eigenvalue weighted by atomic mass is 19.3. The van der Waals surface area contributed by atoms with E-state index in [1.54, 1.807) is 0 Å². The summed E-state index contributed by atoms with van der Waals surface area (Å²) in [6.07, 6.45) is 0. The molecule has 0 heterocycles. The van der Waals surface area contributed by atoms with Gasteiger partial charge in [-0.15, -0.1) is 0 Å². The number of hydrogen-bond donors (Lipinski definition) is 0. The van der Waals surface area contributed by atoms with Gasteiger partial charge in [0.05, 0.1) is 0 Å². The minimum absolute atomic E-state index is 0.567. The van der Waals surface area contributed by atoms with Crippen LogP contribution in [0.25, 0.3) is 0 Å². The minimum Gasteiger partial charge on any atom is -0.395 e. The van der Waals surface area contributed by atoms with Crippen LogP contribution < -0.4 is 0 Å². The van der Waals surface area contributed by atoms with Crippen LogP contribution >= 0.6 is 0 Å². The molecular weight excluding hydrogens is 94.0 g/mol. The maximum absolute atomic E-state index is 10.6. The molecule has 0 N–H and O–H groups in total. The minimum atomic E-state index is -3.03. The molecule has 0 aliphatic heterocycles. The van der Waals surface area contributed by atoms with Crippen molar-refractivity contribution < 1.29 is 18.3 Å². The summed E-state index contributed by atoms with van der Waals surface area (Å²) in [6.45, 7) is -2.46. The molecule has 0 aromatic rings. The largest absolute Gasteiger partial charge is 0.422 e. The second-order valence-corrected chi connectivity index (χ2v) is 0.462. The summed E-state index contributed by atoms with van der Waals surface area (Å²) in [5.41, 5.74) is 0. The first-order valence-corrected chi connectivity index (χ1v) is 1.08. The molecule has 1 radical (unpaired) electrons. The van der Waals surface area contributed by atoms with E-state index < -0.39 is 6.61 Å². The number of rotatable bonds is 2. The molecule has 6 heavy (non-hydrogen) atoms. The summed E-state index contributed by atoms with van der Waals surface area (Å²) >= 11 is 0. The molecule has 35 valence electrons. The molecule has 0 saturated heterocycles. The van der Waals surface area contributed by atoms with Gasteiger partial charge in [0.2, 0.25) is 0 Å². The Morgan fingerprint density at radius 1 is 1.67 bits per heavy atom. The van der Waals surface area contributed by atoms with Gasteiger partial charge in [0.25, 0.3) is 0 Å². The average Bonchev–Trinajstić information content (AvgIpc) is 1.35. The number of alkyl halides is 2. The van der Waals surface area contributed by atoms with Gasteiger partial charge in [-0.25, -0.2) is 4.79 Å². The summed E-state index contributed by atoms with van der Waals surface area (Å²) in [6, 6.07) is 0. The second-order valence-electron chi connectivity index (χ2n) is 0.462. The van der Waals surface area contributed by atoms with Gasteiger partial charge < -0.3 is 4.74 Å². The van der Waals surface area contributed by atoms with Gasteiger partial charge in [-0.05, 0) is 0 Å². The van der Waals surface area contributed by atoms with Crippen LogP contribution in [0.2, 0.25) is 0 Å². The lowest BCUT2D eigenvalue weighted by Crippen LogP contribution is -1.93. The van der Waals surface area contributed by atoms with Crippen LogP contribution in [0.15, 0.2) is 0 Å². The molecule has 0 aromatic carbocycles. The third kappa shape index (κ3) is 3.33. The Morgan fingerprint density at radius 2 is 2.17 bits per heavy atom. The van der Waals surface area contributed by atoms with E-state index in [1.165, 1.54) is 0 Å². The van der Waals surface area contributed by atoms with Crippen LogP contribution in [0.4, 0.5) is 8.78 Å². The Kier molecular flexibility index (Phi) is 2.27. The van der Waals surface area contributed by atoms with Gasteiger partial charge in [0, 0.05) is 0 Å². The number of halogens is 2. The maximum atomic E-state index is 10.6. The first kappa shape index (κ1) is 5.33.